The fourth-order valence-corrected chi connectivity index (χ4v) is 2.87. The van der Waals surface area contributed by atoms with E-state index in [0.717, 1.165) is 4.68 Å². The summed E-state index contributed by atoms with van der Waals surface area (Å²) in [6.45, 7) is 0. The van der Waals surface area contributed by atoms with Crippen LogP contribution in [0.3, 0.4) is 0 Å². The quantitative estimate of drug-likeness (QED) is 0.454. The minimum absolute atomic E-state index is 0.00303. The lowest BCUT2D eigenvalue weighted by atomic mass is 10.2. The maximum absolute atomic E-state index is 13.3. The first kappa shape index (κ1) is 20.7. The second-order valence-electron chi connectivity index (χ2n) is 6.64. The Labute approximate surface area is 180 Å². The van der Waals surface area contributed by atoms with E-state index < -0.39 is 23.2 Å². The molecular weight excluding hydrogens is 420 g/mol. The SMILES string of the molecule is O=C(O)c1ccc(Nc2c(Oc3ccc(F)cc3)cnn(-c3ccc(F)cc3)c2=O)cc1. The lowest BCUT2D eigenvalue weighted by molar-refractivity contribution is 0.0697. The average molecular weight is 435 g/mol. The molecule has 7 nitrogen and oxygen atoms in total. The topological polar surface area (TPSA) is 93.4 Å². The van der Waals surface area contributed by atoms with E-state index in [1.807, 2.05) is 0 Å². The predicted octanol–water partition coefficient (Wildman–Crippen LogP) is 4.74. The lowest BCUT2D eigenvalue weighted by Gasteiger charge is -2.14. The molecule has 32 heavy (non-hydrogen) atoms. The van der Waals surface area contributed by atoms with Gasteiger partial charge in [0.05, 0.1) is 17.4 Å². The molecule has 9 heteroatoms. The van der Waals surface area contributed by atoms with Crippen LogP contribution in [0.2, 0.25) is 0 Å². The van der Waals surface area contributed by atoms with Gasteiger partial charge in [-0.3, -0.25) is 4.79 Å². The molecule has 0 aliphatic heterocycles. The number of halogens is 2. The van der Waals surface area contributed by atoms with Crippen molar-refractivity contribution in [3.63, 3.8) is 0 Å². The number of nitrogens with zero attached hydrogens (tertiary/aromatic N) is 2. The molecule has 1 heterocycles. The second-order valence-corrected chi connectivity index (χ2v) is 6.64. The molecule has 0 unspecified atom stereocenters. The van der Waals surface area contributed by atoms with Gasteiger partial charge in [0.25, 0.3) is 5.56 Å². The molecule has 0 aliphatic carbocycles. The van der Waals surface area contributed by atoms with Gasteiger partial charge < -0.3 is 15.2 Å². The summed E-state index contributed by atoms with van der Waals surface area (Å²) in [6, 6.07) is 16.1. The van der Waals surface area contributed by atoms with Crippen molar-refractivity contribution in [1.82, 2.24) is 9.78 Å². The van der Waals surface area contributed by atoms with Gasteiger partial charge in [0.1, 0.15) is 17.4 Å². The van der Waals surface area contributed by atoms with Crippen LogP contribution in [0.4, 0.5) is 20.2 Å². The maximum atomic E-state index is 13.3. The molecule has 4 aromatic rings. The fraction of sp³-hybridized carbons (Fsp3) is 0. The average Bonchev–Trinajstić information content (AvgIpc) is 2.79. The highest BCUT2D eigenvalue weighted by molar-refractivity contribution is 5.88. The number of hydrogen-bond donors (Lipinski definition) is 2. The van der Waals surface area contributed by atoms with Gasteiger partial charge in [0.2, 0.25) is 0 Å². The molecule has 0 saturated heterocycles. The summed E-state index contributed by atoms with van der Waals surface area (Å²) in [5.74, 6) is -1.66. The molecule has 0 atom stereocenters. The molecular formula is C23H15F2N3O4. The third-order valence-electron chi connectivity index (χ3n) is 4.46. The zero-order valence-electron chi connectivity index (χ0n) is 16.3. The molecule has 0 aliphatic rings. The largest absolute Gasteiger partial charge is 0.478 e. The fourth-order valence-electron chi connectivity index (χ4n) is 2.87. The Hall–Kier alpha value is -4.53. The van der Waals surface area contributed by atoms with Gasteiger partial charge in [-0.15, -0.1) is 0 Å². The zero-order valence-corrected chi connectivity index (χ0v) is 16.3. The number of hydrogen-bond acceptors (Lipinski definition) is 5. The summed E-state index contributed by atoms with van der Waals surface area (Å²) in [7, 11) is 0. The molecule has 0 amide bonds. The summed E-state index contributed by atoms with van der Waals surface area (Å²) >= 11 is 0. The van der Waals surface area contributed by atoms with Crippen LogP contribution in [0.1, 0.15) is 10.4 Å². The van der Waals surface area contributed by atoms with Crippen molar-refractivity contribution in [2.24, 2.45) is 0 Å². The molecule has 0 fully saturated rings. The van der Waals surface area contributed by atoms with Gasteiger partial charge in [0.15, 0.2) is 11.4 Å². The number of ether oxygens (including phenoxy) is 1. The number of carboxylic acids is 1. The first-order valence-electron chi connectivity index (χ1n) is 9.33. The number of nitrogens with one attached hydrogen (secondary N) is 1. The second kappa shape index (κ2) is 8.68. The van der Waals surface area contributed by atoms with Crippen LogP contribution in [0, 0.1) is 11.6 Å². The summed E-state index contributed by atoms with van der Waals surface area (Å²) in [4.78, 5) is 24.3. The van der Waals surface area contributed by atoms with E-state index in [4.69, 9.17) is 9.84 Å². The number of aromatic carboxylic acids is 1. The molecule has 2 N–H and O–H groups in total. The minimum atomic E-state index is -1.08. The Morgan fingerprint density at radius 3 is 2.09 bits per heavy atom. The van der Waals surface area contributed by atoms with Gasteiger partial charge >= 0.3 is 5.97 Å². The molecule has 0 spiro atoms. The van der Waals surface area contributed by atoms with Crippen LogP contribution in [0.5, 0.6) is 11.5 Å². The van der Waals surface area contributed by atoms with Gasteiger partial charge in [0, 0.05) is 5.69 Å². The first-order valence-corrected chi connectivity index (χ1v) is 9.33. The number of rotatable bonds is 6. The van der Waals surface area contributed by atoms with Crippen molar-refractivity contribution in [2.75, 3.05) is 5.32 Å². The smallest absolute Gasteiger partial charge is 0.335 e. The van der Waals surface area contributed by atoms with Gasteiger partial charge in [-0.05, 0) is 72.8 Å². The van der Waals surface area contributed by atoms with Crippen molar-refractivity contribution in [1.29, 1.82) is 0 Å². The van der Waals surface area contributed by atoms with E-state index in [-0.39, 0.29) is 22.7 Å². The monoisotopic (exact) mass is 435 g/mol. The van der Waals surface area contributed by atoms with Crippen LogP contribution < -0.4 is 15.6 Å². The molecule has 3 aromatic carbocycles. The maximum Gasteiger partial charge on any atom is 0.335 e. The van der Waals surface area contributed by atoms with E-state index in [1.165, 1.54) is 79.0 Å². The first-order chi connectivity index (χ1) is 15.4. The molecule has 0 radical (unpaired) electrons. The van der Waals surface area contributed by atoms with Crippen LogP contribution in [-0.4, -0.2) is 20.9 Å². The molecule has 4 rings (SSSR count). The molecule has 160 valence electrons. The highest BCUT2D eigenvalue weighted by atomic mass is 19.1. The number of carbonyl (C=O) groups is 1. The van der Waals surface area contributed by atoms with Gasteiger partial charge in [-0.1, -0.05) is 0 Å². The summed E-state index contributed by atoms with van der Waals surface area (Å²) < 4.78 is 33.3. The van der Waals surface area contributed by atoms with E-state index in [1.54, 1.807) is 0 Å². The normalized spacial score (nSPS) is 10.6. The van der Waals surface area contributed by atoms with E-state index >= 15 is 0 Å². The number of benzene rings is 3. The van der Waals surface area contributed by atoms with Crippen LogP contribution >= 0.6 is 0 Å². The Morgan fingerprint density at radius 1 is 0.906 bits per heavy atom. The van der Waals surface area contributed by atoms with Gasteiger partial charge in [-0.2, -0.15) is 9.78 Å². The van der Waals surface area contributed by atoms with Gasteiger partial charge in [-0.25, -0.2) is 13.6 Å². The molecule has 1 aromatic heterocycles. The third-order valence-corrected chi connectivity index (χ3v) is 4.46. The summed E-state index contributed by atoms with van der Waals surface area (Å²) in [5.41, 5.74) is 0.231. The number of carboxylic acid groups (broad SMARTS) is 1. The Bertz CT molecular complexity index is 1320. The lowest BCUT2D eigenvalue weighted by Crippen LogP contribution is -2.24. The predicted molar refractivity (Wildman–Crippen MR) is 113 cm³/mol. The van der Waals surface area contributed by atoms with Crippen molar-refractivity contribution in [3.8, 4) is 17.2 Å². The van der Waals surface area contributed by atoms with Crippen molar-refractivity contribution < 1.29 is 23.4 Å². The van der Waals surface area contributed by atoms with Crippen LogP contribution in [0.15, 0.2) is 83.8 Å². The highest BCUT2D eigenvalue weighted by Gasteiger charge is 2.16. The van der Waals surface area contributed by atoms with E-state index in [0.29, 0.717) is 11.4 Å². The van der Waals surface area contributed by atoms with Crippen LogP contribution in [0.25, 0.3) is 5.69 Å². The standard InChI is InChI=1S/C23H15F2N3O4/c24-15-3-9-18(10-4-15)28-22(29)21(27-17-7-1-14(2-8-17)23(30)31)20(13-26-28)32-19-11-5-16(25)6-12-19/h1-13,27H,(H,30,31). The van der Waals surface area contributed by atoms with Crippen molar-refractivity contribution in [3.05, 3.63) is 107 Å². The summed E-state index contributed by atoms with van der Waals surface area (Å²) in [6.07, 6.45) is 1.29. The Morgan fingerprint density at radius 2 is 1.50 bits per heavy atom. The van der Waals surface area contributed by atoms with E-state index in [2.05, 4.69) is 10.4 Å². The van der Waals surface area contributed by atoms with Crippen molar-refractivity contribution in [2.45, 2.75) is 0 Å². The van der Waals surface area contributed by atoms with E-state index in [9.17, 15) is 18.4 Å². The van der Waals surface area contributed by atoms with Crippen LogP contribution in [-0.2, 0) is 0 Å². The van der Waals surface area contributed by atoms with Crippen molar-refractivity contribution >= 4 is 17.3 Å². The summed E-state index contributed by atoms with van der Waals surface area (Å²) in [5, 5.41) is 16.1. The Balaban J connectivity index is 1.77. The highest BCUT2D eigenvalue weighted by Crippen LogP contribution is 2.29. The molecule has 0 saturated carbocycles. The molecule has 0 bridgehead atoms. The number of aromatic nitrogens is 2. The minimum Gasteiger partial charge on any atom is -0.478 e. The Kier molecular flexibility index (Phi) is 5.63. The zero-order chi connectivity index (χ0) is 22.7. The third kappa shape index (κ3) is 4.46. The number of anilines is 2.